The van der Waals surface area contributed by atoms with Crippen LogP contribution in [0.25, 0.3) is 0 Å². The van der Waals surface area contributed by atoms with Crippen molar-refractivity contribution in [1.29, 1.82) is 0 Å². The summed E-state index contributed by atoms with van der Waals surface area (Å²) in [4.78, 5) is 17.1. The third-order valence-corrected chi connectivity index (χ3v) is 5.50. The Hall–Kier alpha value is -3.38. The molecule has 1 amide bonds. The molecule has 32 heavy (non-hydrogen) atoms. The van der Waals surface area contributed by atoms with Gasteiger partial charge in [-0.05, 0) is 47.5 Å². The summed E-state index contributed by atoms with van der Waals surface area (Å²) in [6, 6.07) is 21.7. The summed E-state index contributed by atoms with van der Waals surface area (Å²) in [5.74, 6) is 0.109. The minimum atomic E-state index is -0.288. The van der Waals surface area contributed by atoms with Crippen LogP contribution in [-0.4, -0.2) is 44.2 Å². The summed E-state index contributed by atoms with van der Waals surface area (Å²) in [7, 11) is 1.79. The molecular weight excluding hydrogens is 407 g/mol. The molecule has 0 unspecified atom stereocenters. The van der Waals surface area contributed by atoms with Crippen LogP contribution in [-0.2, 0) is 17.9 Å². The number of para-hydroxylation sites is 1. The van der Waals surface area contributed by atoms with Crippen molar-refractivity contribution in [2.45, 2.75) is 13.2 Å². The van der Waals surface area contributed by atoms with Crippen LogP contribution in [0.1, 0.15) is 21.5 Å². The lowest BCUT2D eigenvalue weighted by atomic mass is 10.1. The molecule has 3 aromatic rings. The summed E-state index contributed by atoms with van der Waals surface area (Å²) >= 11 is 0. The summed E-state index contributed by atoms with van der Waals surface area (Å²) in [5, 5.41) is 0. The maximum Gasteiger partial charge on any atom is 0.257 e. The Labute approximate surface area is 188 Å². The molecule has 1 heterocycles. The molecule has 4 rings (SSSR count). The van der Waals surface area contributed by atoms with Crippen molar-refractivity contribution in [3.63, 3.8) is 0 Å². The molecule has 3 aromatic carbocycles. The number of ether oxygens (including phenoxy) is 2. The van der Waals surface area contributed by atoms with Gasteiger partial charge in [0.2, 0.25) is 0 Å². The first-order valence-corrected chi connectivity index (χ1v) is 10.7. The molecule has 0 aliphatic carbocycles. The van der Waals surface area contributed by atoms with E-state index in [1.807, 2.05) is 12.1 Å². The van der Waals surface area contributed by atoms with Gasteiger partial charge in [-0.15, -0.1) is 0 Å². The lowest BCUT2D eigenvalue weighted by Crippen LogP contribution is -2.36. The van der Waals surface area contributed by atoms with Gasteiger partial charge >= 0.3 is 0 Å². The second kappa shape index (κ2) is 10.3. The molecule has 0 spiro atoms. The third-order valence-electron chi connectivity index (χ3n) is 5.50. The molecule has 1 saturated heterocycles. The van der Waals surface area contributed by atoms with Crippen LogP contribution in [0.15, 0.2) is 72.8 Å². The number of amides is 1. The van der Waals surface area contributed by atoms with Gasteiger partial charge < -0.3 is 19.3 Å². The largest absolute Gasteiger partial charge is 0.488 e. The van der Waals surface area contributed by atoms with Crippen LogP contribution in [0.2, 0.25) is 0 Å². The van der Waals surface area contributed by atoms with Gasteiger partial charge in [0, 0.05) is 32.4 Å². The number of nitrogens with zero attached hydrogens (tertiary/aromatic N) is 2. The van der Waals surface area contributed by atoms with E-state index in [1.165, 1.54) is 17.8 Å². The maximum atomic E-state index is 13.1. The normalized spacial score (nSPS) is 13.6. The second-order valence-corrected chi connectivity index (χ2v) is 7.84. The Morgan fingerprint density at radius 1 is 0.969 bits per heavy atom. The van der Waals surface area contributed by atoms with Crippen molar-refractivity contribution in [2.24, 2.45) is 0 Å². The first-order valence-electron chi connectivity index (χ1n) is 10.7. The fourth-order valence-corrected chi connectivity index (χ4v) is 3.70. The highest BCUT2D eigenvalue weighted by Gasteiger charge is 2.17. The van der Waals surface area contributed by atoms with Crippen molar-refractivity contribution in [3.05, 3.63) is 95.3 Å². The molecule has 0 atom stereocenters. The smallest absolute Gasteiger partial charge is 0.257 e. The minimum Gasteiger partial charge on any atom is -0.488 e. The fraction of sp³-hybridized carbons (Fsp3) is 0.269. The zero-order chi connectivity index (χ0) is 22.3. The van der Waals surface area contributed by atoms with Crippen molar-refractivity contribution in [2.75, 3.05) is 38.3 Å². The predicted molar refractivity (Wildman–Crippen MR) is 122 cm³/mol. The maximum absolute atomic E-state index is 13.1. The molecule has 1 fully saturated rings. The standard InChI is InChI=1S/C26H27FN2O3/c1-28(18-20-8-12-23(13-9-20)29-14-16-31-17-15-29)26(30)24-4-2-3-5-25(24)32-19-21-6-10-22(27)11-7-21/h2-13H,14-19H2,1H3. The van der Waals surface area contributed by atoms with Gasteiger partial charge in [-0.3, -0.25) is 4.79 Å². The van der Waals surface area contributed by atoms with Gasteiger partial charge in [0.15, 0.2) is 0 Å². The van der Waals surface area contributed by atoms with Gasteiger partial charge in [-0.1, -0.05) is 36.4 Å². The van der Waals surface area contributed by atoms with Gasteiger partial charge in [-0.25, -0.2) is 4.39 Å². The van der Waals surface area contributed by atoms with Crippen LogP contribution < -0.4 is 9.64 Å². The summed E-state index contributed by atoms with van der Waals surface area (Å²) < 4.78 is 24.4. The molecule has 6 heteroatoms. The zero-order valence-electron chi connectivity index (χ0n) is 18.2. The van der Waals surface area contributed by atoms with E-state index in [9.17, 15) is 9.18 Å². The highest BCUT2D eigenvalue weighted by molar-refractivity contribution is 5.96. The van der Waals surface area contributed by atoms with Crippen molar-refractivity contribution in [3.8, 4) is 5.75 Å². The van der Waals surface area contributed by atoms with Crippen molar-refractivity contribution in [1.82, 2.24) is 4.90 Å². The lowest BCUT2D eigenvalue weighted by molar-refractivity contribution is 0.0780. The first kappa shape index (κ1) is 21.8. The quantitative estimate of drug-likeness (QED) is 0.549. The Morgan fingerprint density at radius 3 is 2.34 bits per heavy atom. The predicted octanol–water partition coefficient (Wildman–Crippen LogP) is 4.51. The monoisotopic (exact) mass is 434 g/mol. The molecule has 0 bridgehead atoms. The molecular formula is C26H27FN2O3. The molecule has 5 nitrogen and oxygen atoms in total. The number of benzene rings is 3. The van der Waals surface area contributed by atoms with Gasteiger partial charge in [0.25, 0.3) is 5.91 Å². The van der Waals surface area contributed by atoms with Crippen LogP contribution in [0.3, 0.4) is 0 Å². The zero-order valence-corrected chi connectivity index (χ0v) is 18.2. The number of carbonyl (C=O) groups excluding carboxylic acids is 1. The average molecular weight is 435 g/mol. The number of rotatable bonds is 7. The van der Waals surface area contributed by atoms with E-state index < -0.39 is 0 Å². The Bertz CT molecular complexity index is 1030. The van der Waals surface area contributed by atoms with E-state index >= 15 is 0 Å². The number of hydrogen-bond donors (Lipinski definition) is 0. The molecule has 166 valence electrons. The topological polar surface area (TPSA) is 42.0 Å². The number of hydrogen-bond acceptors (Lipinski definition) is 4. The molecule has 1 aliphatic rings. The SMILES string of the molecule is CN(Cc1ccc(N2CCOCC2)cc1)C(=O)c1ccccc1OCc1ccc(F)cc1. The molecule has 0 saturated carbocycles. The fourth-order valence-electron chi connectivity index (χ4n) is 3.70. The van der Waals surface area contributed by atoms with Gasteiger partial charge in [0.1, 0.15) is 18.2 Å². The Morgan fingerprint density at radius 2 is 1.62 bits per heavy atom. The summed E-state index contributed by atoms with van der Waals surface area (Å²) in [5.41, 5.74) is 3.57. The highest BCUT2D eigenvalue weighted by atomic mass is 19.1. The molecule has 0 radical (unpaired) electrons. The first-order chi connectivity index (χ1) is 15.6. The van der Waals surface area contributed by atoms with E-state index in [0.29, 0.717) is 17.9 Å². The van der Waals surface area contributed by atoms with E-state index in [2.05, 4.69) is 29.2 Å². The van der Waals surface area contributed by atoms with Crippen molar-refractivity contribution < 1.29 is 18.7 Å². The molecule has 0 N–H and O–H groups in total. The van der Waals surface area contributed by atoms with Crippen LogP contribution in [0.5, 0.6) is 5.75 Å². The molecule has 0 aromatic heterocycles. The lowest BCUT2D eigenvalue weighted by Gasteiger charge is -2.29. The number of carbonyl (C=O) groups is 1. The van der Waals surface area contributed by atoms with E-state index in [1.54, 1.807) is 36.2 Å². The van der Waals surface area contributed by atoms with Crippen molar-refractivity contribution >= 4 is 11.6 Å². The van der Waals surface area contributed by atoms with E-state index in [-0.39, 0.29) is 18.3 Å². The van der Waals surface area contributed by atoms with Crippen LogP contribution in [0, 0.1) is 5.82 Å². The minimum absolute atomic E-state index is 0.114. The van der Waals surface area contributed by atoms with Crippen LogP contribution >= 0.6 is 0 Å². The number of morpholine rings is 1. The number of halogens is 1. The van der Waals surface area contributed by atoms with E-state index in [0.717, 1.165) is 37.4 Å². The third kappa shape index (κ3) is 5.45. The number of anilines is 1. The average Bonchev–Trinajstić information content (AvgIpc) is 2.84. The highest BCUT2D eigenvalue weighted by Crippen LogP contribution is 2.23. The Kier molecular flexibility index (Phi) is 7.02. The second-order valence-electron chi connectivity index (χ2n) is 7.84. The van der Waals surface area contributed by atoms with Gasteiger partial charge in [-0.2, -0.15) is 0 Å². The summed E-state index contributed by atoms with van der Waals surface area (Å²) in [6.07, 6.45) is 0. The van der Waals surface area contributed by atoms with Gasteiger partial charge in [0.05, 0.1) is 18.8 Å². The molecule has 1 aliphatic heterocycles. The van der Waals surface area contributed by atoms with E-state index in [4.69, 9.17) is 9.47 Å². The Balaban J connectivity index is 1.39. The van der Waals surface area contributed by atoms with Crippen LogP contribution in [0.4, 0.5) is 10.1 Å². The summed E-state index contributed by atoms with van der Waals surface area (Å²) in [6.45, 7) is 4.05.